The summed E-state index contributed by atoms with van der Waals surface area (Å²) in [7, 11) is 8.08. The Hall–Kier alpha value is -5.04. The van der Waals surface area contributed by atoms with Gasteiger partial charge in [-0.2, -0.15) is 5.10 Å². The SMILES string of the molecule is COc1ccc(C2=NN(C(=O)CSc3nnc(CNC(=O)c4ccc(OC)c(OC)c4)n3C)[C@@H](c3ccc(OC)cc3)C2)cc1. The number of hydrogen-bond acceptors (Lipinski definition) is 10. The first-order chi connectivity index (χ1) is 21.8. The average molecular weight is 631 g/mol. The van der Waals surface area contributed by atoms with Crippen molar-refractivity contribution in [3.05, 3.63) is 89.2 Å². The highest BCUT2D eigenvalue weighted by molar-refractivity contribution is 7.99. The van der Waals surface area contributed by atoms with E-state index >= 15 is 0 Å². The number of methoxy groups -OCH3 is 4. The largest absolute Gasteiger partial charge is 0.497 e. The van der Waals surface area contributed by atoms with E-state index in [1.807, 2.05) is 48.5 Å². The van der Waals surface area contributed by atoms with E-state index < -0.39 is 0 Å². The molecule has 2 amide bonds. The van der Waals surface area contributed by atoms with Crippen LogP contribution in [0.1, 0.15) is 39.8 Å². The van der Waals surface area contributed by atoms with E-state index in [1.54, 1.807) is 49.0 Å². The van der Waals surface area contributed by atoms with Crippen LogP contribution in [0.15, 0.2) is 77.0 Å². The lowest BCUT2D eigenvalue weighted by molar-refractivity contribution is -0.130. The highest BCUT2D eigenvalue weighted by atomic mass is 32.2. The molecule has 45 heavy (non-hydrogen) atoms. The van der Waals surface area contributed by atoms with Gasteiger partial charge in [0.2, 0.25) is 0 Å². The zero-order valence-electron chi connectivity index (χ0n) is 25.6. The van der Waals surface area contributed by atoms with Crippen LogP contribution in [0.5, 0.6) is 23.0 Å². The summed E-state index contributed by atoms with van der Waals surface area (Å²) >= 11 is 1.26. The fourth-order valence-electron chi connectivity index (χ4n) is 4.84. The molecule has 0 fully saturated rings. The van der Waals surface area contributed by atoms with Gasteiger partial charge in [0.05, 0.1) is 52.5 Å². The number of nitrogens with zero attached hydrogens (tertiary/aromatic N) is 5. The molecule has 5 rings (SSSR count). The molecule has 0 unspecified atom stereocenters. The third-order valence-electron chi connectivity index (χ3n) is 7.39. The van der Waals surface area contributed by atoms with Crippen molar-refractivity contribution in [1.29, 1.82) is 0 Å². The third kappa shape index (κ3) is 7.04. The van der Waals surface area contributed by atoms with Gasteiger partial charge in [-0.15, -0.1) is 10.2 Å². The Morgan fingerprint density at radius 3 is 2.18 bits per heavy atom. The predicted molar refractivity (Wildman–Crippen MR) is 169 cm³/mol. The number of hydrogen-bond donors (Lipinski definition) is 1. The van der Waals surface area contributed by atoms with Crippen LogP contribution in [0.4, 0.5) is 0 Å². The molecule has 1 N–H and O–H groups in total. The summed E-state index contributed by atoms with van der Waals surface area (Å²) in [6.45, 7) is 0.145. The van der Waals surface area contributed by atoms with E-state index in [9.17, 15) is 9.59 Å². The number of ether oxygens (including phenoxy) is 4. The minimum Gasteiger partial charge on any atom is -0.497 e. The second-order valence-electron chi connectivity index (χ2n) is 10.0. The van der Waals surface area contributed by atoms with Gasteiger partial charge in [-0.3, -0.25) is 9.59 Å². The predicted octanol–water partition coefficient (Wildman–Crippen LogP) is 4.25. The number of hydrazone groups is 1. The summed E-state index contributed by atoms with van der Waals surface area (Å²) in [5.41, 5.74) is 3.10. The molecule has 2 heterocycles. The normalized spacial score (nSPS) is 14.1. The summed E-state index contributed by atoms with van der Waals surface area (Å²) in [6.07, 6.45) is 0.558. The van der Waals surface area contributed by atoms with Crippen LogP contribution in [0.25, 0.3) is 0 Å². The van der Waals surface area contributed by atoms with Crippen molar-refractivity contribution in [2.24, 2.45) is 12.1 Å². The second kappa shape index (κ2) is 14.2. The molecule has 13 heteroatoms. The van der Waals surface area contributed by atoms with E-state index in [2.05, 4.69) is 15.5 Å². The number of nitrogens with one attached hydrogen (secondary N) is 1. The van der Waals surface area contributed by atoms with Crippen molar-refractivity contribution in [3.63, 3.8) is 0 Å². The first-order valence-electron chi connectivity index (χ1n) is 14.0. The Balaban J connectivity index is 1.26. The van der Waals surface area contributed by atoms with Crippen molar-refractivity contribution in [2.75, 3.05) is 34.2 Å². The molecule has 1 aliphatic heterocycles. The molecule has 0 spiro atoms. The zero-order valence-corrected chi connectivity index (χ0v) is 26.5. The van der Waals surface area contributed by atoms with E-state index in [1.165, 1.54) is 26.0 Å². The van der Waals surface area contributed by atoms with E-state index in [0.717, 1.165) is 28.3 Å². The van der Waals surface area contributed by atoms with Crippen LogP contribution < -0.4 is 24.3 Å². The van der Waals surface area contributed by atoms with Crippen molar-refractivity contribution in [2.45, 2.75) is 24.2 Å². The molecular weight excluding hydrogens is 596 g/mol. The summed E-state index contributed by atoms with van der Waals surface area (Å²) in [4.78, 5) is 26.4. The molecule has 3 aromatic carbocycles. The highest BCUT2D eigenvalue weighted by Gasteiger charge is 2.33. The maximum atomic E-state index is 13.6. The van der Waals surface area contributed by atoms with Crippen LogP contribution in [0.2, 0.25) is 0 Å². The molecule has 1 aliphatic rings. The summed E-state index contributed by atoms with van der Waals surface area (Å²) in [5.74, 6) is 2.64. The third-order valence-corrected chi connectivity index (χ3v) is 8.40. The average Bonchev–Trinajstić information content (AvgIpc) is 3.69. The van der Waals surface area contributed by atoms with Gasteiger partial charge in [-0.25, -0.2) is 5.01 Å². The molecule has 0 radical (unpaired) electrons. The maximum absolute atomic E-state index is 13.6. The van der Waals surface area contributed by atoms with Gasteiger partial charge in [-0.05, 0) is 65.7 Å². The van der Waals surface area contributed by atoms with Crippen LogP contribution in [-0.4, -0.2) is 71.5 Å². The first kappa shape index (κ1) is 31.4. The Morgan fingerprint density at radius 1 is 0.867 bits per heavy atom. The lowest BCUT2D eigenvalue weighted by Gasteiger charge is -2.22. The van der Waals surface area contributed by atoms with Gasteiger partial charge in [-0.1, -0.05) is 23.9 Å². The first-order valence-corrected chi connectivity index (χ1v) is 15.0. The molecule has 0 saturated heterocycles. The summed E-state index contributed by atoms with van der Waals surface area (Å²) in [5, 5.41) is 18.2. The van der Waals surface area contributed by atoms with Crippen molar-refractivity contribution in [3.8, 4) is 23.0 Å². The Labute approximate surface area is 265 Å². The topological polar surface area (TPSA) is 129 Å². The van der Waals surface area contributed by atoms with Gasteiger partial charge in [0.1, 0.15) is 11.5 Å². The Morgan fingerprint density at radius 2 is 1.53 bits per heavy atom. The molecule has 4 aromatic rings. The van der Waals surface area contributed by atoms with Gasteiger partial charge in [0.25, 0.3) is 11.8 Å². The van der Waals surface area contributed by atoms with Gasteiger partial charge in [0, 0.05) is 19.0 Å². The number of carbonyl (C=O) groups excluding carboxylic acids is 2. The number of rotatable bonds is 12. The monoisotopic (exact) mass is 630 g/mol. The van der Waals surface area contributed by atoms with Crippen molar-refractivity contribution in [1.82, 2.24) is 25.1 Å². The number of amides is 2. The quantitative estimate of drug-likeness (QED) is 0.229. The van der Waals surface area contributed by atoms with E-state index in [4.69, 9.17) is 24.0 Å². The van der Waals surface area contributed by atoms with E-state index in [0.29, 0.717) is 34.5 Å². The van der Waals surface area contributed by atoms with Crippen molar-refractivity contribution >= 4 is 29.3 Å². The molecule has 1 aromatic heterocycles. The van der Waals surface area contributed by atoms with Crippen LogP contribution in [-0.2, 0) is 18.4 Å². The number of carbonyl (C=O) groups is 2. The molecule has 0 saturated carbocycles. The zero-order chi connectivity index (χ0) is 31.9. The molecule has 234 valence electrons. The fraction of sp³-hybridized carbons (Fsp3) is 0.281. The number of aromatic nitrogens is 3. The lowest BCUT2D eigenvalue weighted by Crippen LogP contribution is -2.28. The second-order valence-corrected chi connectivity index (χ2v) is 10.9. The Bertz CT molecular complexity index is 1690. The maximum Gasteiger partial charge on any atom is 0.253 e. The van der Waals surface area contributed by atoms with Crippen LogP contribution >= 0.6 is 11.8 Å². The molecule has 0 aliphatic carbocycles. The highest BCUT2D eigenvalue weighted by Crippen LogP contribution is 2.35. The van der Waals surface area contributed by atoms with Crippen LogP contribution in [0.3, 0.4) is 0 Å². The molecule has 0 bridgehead atoms. The Kier molecular flexibility index (Phi) is 9.88. The van der Waals surface area contributed by atoms with Gasteiger partial charge >= 0.3 is 0 Å². The lowest BCUT2D eigenvalue weighted by atomic mass is 9.98. The van der Waals surface area contributed by atoms with Crippen LogP contribution in [0, 0.1) is 0 Å². The van der Waals surface area contributed by atoms with Gasteiger partial charge < -0.3 is 28.8 Å². The van der Waals surface area contributed by atoms with E-state index in [-0.39, 0.29) is 30.2 Å². The minimum atomic E-state index is -0.299. The minimum absolute atomic E-state index is 0.0933. The number of benzene rings is 3. The van der Waals surface area contributed by atoms with Crippen molar-refractivity contribution < 1.29 is 28.5 Å². The summed E-state index contributed by atoms with van der Waals surface area (Å²) < 4.78 is 22.9. The molecule has 12 nitrogen and oxygen atoms in total. The standard InChI is InChI=1S/C32H34N6O6S/c1-37-29(18-33-31(40)22-10-15-27(43-4)28(16-22)44-5)34-35-32(37)45-19-30(39)38-26(21-8-13-24(42-3)14-9-21)17-25(36-38)20-6-11-23(41-2)12-7-20/h6-16,26H,17-19H2,1-5H3,(H,33,40)/t26-/m1/s1. The summed E-state index contributed by atoms with van der Waals surface area (Å²) in [6, 6.07) is 20.0. The molecular formula is C32H34N6O6S. The fourth-order valence-corrected chi connectivity index (χ4v) is 5.62. The van der Waals surface area contributed by atoms with Gasteiger partial charge in [0.15, 0.2) is 22.5 Å². The molecule has 1 atom stereocenters. The smallest absolute Gasteiger partial charge is 0.253 e. The number of thioether (sulfide) groups is 1.